The fourth-order valence-corrected chi connectivity index (χ4v) is 5.19. The van der Waals surface area contributed by atoms with Crippen molar-refractivity contribution >= 4 is 23.0 Å². The summed E-state index contributed by atoms with van der Waals surface area (Å²) >= 11 is 1.61. The van der Waals surface area contributed by atoms with Crippen molar-refractivity contribution in [2.45, 2.75) is 63.4 Å². The Morgan fingerprint density at radius 2 is 1.93 bits per heavy atom. The molecule has 0 spiro atoms. The van der Waals surface area contributed by atoms with Crippen LogP contribution in [0, 0.1) is 6.92 Å². The van der Waals surface area contributed by atoms with Gasteiger partial charge in [0.1, 0.15) is 10.6 Å². The first kappa shape index (κ1) is 18.7. The third kappa shape index (κ3) is 4.05. The van der Waals surface area contributed by atoms with Crippen LogP contribution < -0.4 is 5.32 Å². The van der Waals surface area contributed by atoms with E-state index in [1.807, 2.05) is 18.5 Å². The lowest BCUT2D eigenvalue weighted by atomic mass is 9.85. The molecule has 0 amide bonds. The monoisotopic (exact) mass is 406 g/mol. The minimum atomic E-state index is -0.747. The largest absolute Gasteiger partial charge is 0.383 e. The lowest BCUT2D eigenvalue weighted by Gasteiger charge is -2.29. The highest BCUT2D eigenvalue weighted by Gasteiger charge is 2.34. The molecule has 2 N–H and O–H groups in total. The molecule has 0 unspecified atom stereocenters. The molecule has 0 saturated heterocycles. The Labute approximate surface area is 175 Å². The van der Waals surface area contributed by atoms with Gasteiger partial charge in [0.05, 0.1) is 4.88 Å². The van der Waals surface area contributed by atoms with Crippen molar-refractivity contribution in [1.82, 2.24) is 15.0 Å². The standard InChI is InChI=1S/C23H26N4OS/c1-15-11-17(20-14-25-21(29-20)23(28)8-3-2-4-9-23)13-18(12-15)26-22-24-10-7-19(27-22)16-5-6-16/h7,10-14,16,28H,2-6,8-9H2,1H3,(H,24,26,27). The van der Waals surface area contributed by atoms with Gasteiger partial charge in [-0.3, -0.25) is 0 Å². The van der Waals surface area contributed by atoms with Crippen molar-refractivity contribution in [3.63, 3.8) is 0 Å². The van der Waals surface area contributed by atoms with Crippen molar-refractivity contribution < 1.29 is 5.11 Å². The molecule has 0 radical (unpaired) electrons. The number of nitrogens with one attached hydrogen (secondary N) is 1. The predicted octanol–water partition coefficient (Wildman–Crippen LogP) is 5.68. The van der Waals surface area contributed by atoms with Gasteiger partial charge in [0.25, 0.3) is 0 Å². The maximum Gasteiger partial charge on any atom is 0.227 e. The van der Waals surface area contributed by atoms with Crippen LogP contribution in [0.4, 0.5) is 11.6 Å². The average molecular weight is 407 g/mol. The van der Waals surface area contributed by atoms with Gasteiger partial charge in [0.15, 0.2) is 0 Å². The first-order chi connectivity index (χ1) is 14.1. The van der Waals surface area contributed by atoms with Crippen molar-refractivity contribution in [1.29, 1.82) is 0 Å². The Kier molecular flexibility index (Phi) is 4.84. The molecule has 2 aromatic heterocycles. The van der Waals surface area contributed by atoms with Crippen molar-refractivity contribution in [3.8, 4) is 10.4 Å². The molecule has 2 aliphatic carbocycles. The van der Waals surface area contributed by atoms with Crippen LogP contribution in [0.1, 0.15) is 67.1 Å². The second-order valence-electron chi connectivity index (χ2n) is 8.41. The SMILES string of the molecule is Cc1cc(Nc2nccc(C3CC3)n2)cc(-c2cnc(C3(O)CCCCC3)s2)c1. The molecule has 6 heteroatoms. The Bertz CT molecular complexity index is 1020. The maximum absolute atomic E-state index is 11.0. The van der Waals surface area contributed by atoms with Crippen LogP contribution in [0.3, 0.4) is 0 Å². The fourth-order valence-electron chi connectivity index (χ4n) is 4.14. The lowest BCUT2D eigenvalue weighted by molar-refractivity contribution is -0.000807. The minimum absolute atomic E-state index is 0.604. The van der Waals surface area contributed by atoms with E-state index in [9.17, 15) is 5.11 Å². The fraction of sp³-hybridized carbons (Fsp3) is 0.435. The highest BCUT2D eigenvalue weighted by atomic mass is 32.1. The number of hydrogen-bond donors (Lipinski definition) is 2. The average Bonchev–Trinajstić information content (AvgIpc) is 3.44. The Balaban J connectivity index is 1.40. The van der Waals surface area contributed by atoms with Gasteiger partial charge in [-0.25, -0.2) is 15.0 Å². The minimum Gasteiger partial charge on any atom is -0.383 e. The summed E-state index contributed by atoms with van der Waals surface area (Å²) in [6.45, 7) is 2.09. The molecule has 5 rings (SSSR count). The van der Waals surface area contributed by atoms with Gasteiger partial charge in [0, 0.05) is 29.7 Å². The van der Waals surface area contributed by atoms with Crippen LogP contribution >= 0.6 is 11.3 Å². The van der Waals surface area contributed by atoms with Crippen LogP contribution in [-0.2, 0) is 5.60 Å². The third-order valence-corrected chi connectivity index (χ3v) is 7.11. The highest BCUT2D eigenvalue weighted by Crippen LogP contribution is 2.41. The van der Waals surface area contributed by atoms with E-state index in [0.717, 1.165) is 58.1 Å². The van der Waals surface area contributed by atoms with Crippen molar-refractivity contribution in [2.75, 3.05) is 5.32 Å². The zero-order chi connectivity index (χ0) is 19.8. The highest BCUT2D eigenvalue weighted by molar-refractivity contribution is 7.15. The number of aryl methyl sites for hydroxylation is 1. The normalized spacial score (nSPS) is 18.6. The number of rotatable bonds is 5. The number of hydrogen-bond acceptors (Lipinski definition) is 6. The Morgan fingerprint density at radius 3 is 2.72 bits per heavy atom. The number of anilines is 2. The van der Waals surface area contributed by atoms with Crippen LogP contribution in [0.2, 0.25) is 0 Å². The van der Waals surface area contributed by atoms with E-state index in [0.29, 0.717) is 11.9 Å². The van der Waals surface area contributed by atoms with Crippen LogP contribution in [0.15, 0.2) is 36.7 Å². The quantitative estimate of drug-likeness (QED) is 0.570. The summed E-state index contributed by atoms with van der Waals surface area (Å²) < 4.78 is 0. The predicted molar refractivity (Wildman–Crippen MR) is 117 cm³/mol. The van der Waals surface area contributed by atoms with Crippen LogP contribution in [0.5, 0.6) is 0 Å². The van der Waals surface area contributed by atoms with E-state index in [1.54, 1.807) is 11.3 Å². The van der Waals surface area contributed by atoms with E-state index in [4.69, 9.17) is 0 Å². The summed E-state index contributed by atoms with van der Waals surface area (Å²) in [4.78, 5) is 14.7. The van der Waals surface area contributed by atoms with Gasteiger partial charge in [-0.2, -0.15) is 0 Å². The molecular weight excluding hydrogens is 380 g/mol. The number of benzene rings is 1. The molecule has 1 aromatic carbocycles. The summed E-state index contributed by atoms with van der Waals surface area (Å²) in [5.74, 6) is 1.25. The molecule has 5 nitrogen and oxygen atoms in total. The lowest BCUT2D eigenvalue weighted by Crippen LogP contribution is -2.28. The zero-order valence-corrected chi connectivity index (χ0v) is 17.5. The summed E-state index contributed by atoms with van der Waals surface area (Å²) in [5.41, 5.74) is 3.62. The van der Waals surface area contributed by atoms with Gasteiger partial charge in [-0.05, 0) is 61.9 Å². The van der Waals surface area contributed by atoms with E-state index >= 15 is 0 Å². The molecule has 150 valence electrons. The summed E-state index contributed by atoms with van der Waals surface area (Å²) in [5, 5.41) is 15.2. The smallest absolute Gasteiger partial charge is 0.227 e. The van der Waals surface area contributed by atoms with E-state index in [2.05, 4.69) is 45.4 Å². The van der Waals surface area contributed by atoms with Crippen LogP contribution in [-0.4, -0.2) is 20.1 Å². The molecule has 0 bridgehead atoms. The molecule has 0 aliphatic heterocycles. The van der Waals surface area contributed by atoms with Gasteiger partial charge >= 0.3 is 0 Å². The first-order valence-corrected chi connectivity index (χ1v) is 11.3. The van der Waals surface area contributed by atoms with E-state index < -0.39 is 5.60 Å². The Morgan fingerprint density at radius 1 is 1.10 bits per heavy atom. The molecule has 2 saturated carbocycles. The van der Waals surface area contributed by atoms with Crippen LogP contribution in [0.25, 0.3) is 10.4 Å². The van der Waals surface area contributed by atoms with E-state index in [-0.39, 0.29) is 0 Å². The summed E-state index contributed by atoms with van der Waals surface area (Å²) in [6, 6.07) is 8.39. The Hall–Kier alpha value is -2.31. The molecular formula is C23H26N4OS. The third-order valence-electron chi connectivity index (χ3n) is 5.88. The van der Waals surface area contributed by atoms with Gasteiger partial charge < -0.3 is 10.4 Å². The van der Waals surface area contributed by atoms with Crippen molar-refractivity contribution in [3.05, 3.63) is 52.9 Å². The molecule has 3 aromatic rings. The number of nitrogens with zero attached hydrogens (tertiary/aromatic N) is 3. The van der Waals surface area contributed by atoms with Gasteiger partial charge in [-0.1, -0.05) is 25.3 Å². The summed E-state index contributed by atoms with van der Waals surface area (Å²) in [6.07, 6.45) is 11.2. The second-order valence-corrected chi connectivity index (χ2v) is 9.44. The molecule has 2 aliphatic rings. The topological polar surface area (TPSA) is 70.9 Å². The summed E-state index contributed by atoms with van der Waals surface area (Å²) in [7, 11) is 0. The molecule has 0 atom stereocenters. The van der Waals surface area contributed by atoms with Gasteiger partial charge in [0.2, 0.25) is 5.95 Å². The first-order valence-electron chi connectivity index (χ1n) is 10.5. The molecule has 2 fully saturated rings. The molecule has 2 heterocycles. The number of aromatic nitrogens is 3. The van der Waals surface area contributed by atoms with Crippen molar-refractivity contribution in [2.24, 2.45) is 0 Å². The molecule has 29 heavy (non-hydrogen) atoms. The van der Waals surface area contributed by atoms with Gasteiger partial charge in [-0.15, -0.1) is 11.3 Å². The number of aliphatic hydroxyl groups is 1. The van der Waals surface area contributed by atoms with E-state index in [1.165, 1.54) is 19.3 Å². The second kappa shape index (κ2) is 7.50. The maximum atomic E-state index is 11.0. The zero-order valence-electron chi connectivity index (χ0n) is 16.7. The number of thiazole rings is 1.